The summed E-state index contributed by atoms with van der Waals surface area (Å²) in [7, 11) is 0. The molecule has 4 N–H and O–H groups in total. The monoisotopic (exact) mass is 414 g/mol. The van der Waals surface area contributed by atoms with E-state index in [1.54, 1.807) is 30.3 Å². The first-order valence-corrected chi connectivity index (χ1v) is 10.5. The Bertz CT molecular complexity index is 787. The summed E-state index contributed by atoms with van der Waals surface area (Å²) in [5.74, 6) is 0.0392. The van der Waals surface area contributed by atoms with E-state index < -0.39 is 5.41 Å². The summed E-state index contributed by atoms with van der Waals surface area (Å²) in [6.07, 6.45) is 5.89. The van der Waals surface area contributed by atoms with Gasteiger partial charge in [-0.25, -0.2) is 0 Å². The Morgan fingerprint density at radius 2 is 1.63 bits per heavy atom. The van der Waals surface area contributed by atoms with Crippen molar-refractivity contribution < 1.29 is 19.1 Å². The molecule has 162 valence electrons. The van der Waals surface area contributed by atoms with Crippen LogP contribution < -0.4 is 26.0 Å². The highest BCUT2D eigenvalue weighted by Crippen LogP contribution is 2.33. The minimum absolute atomic E-state index is 0.0141. The number of hydrogen-bond acceptors (Lipinski definition) is 5. The number of benzene rings is 1. The van der Waals surface area contributed by atoms with Crippen LogP contribution in [-0.4, -0.2) is 57.1 Å². The molecule has 0 unspecified atom stereocenters. The predicted octanol–water partition coefficient (Wildman–Crippen LogP) is 0.747. The molecule has 3 amide bonds. The van der Waals surface area contributed by atoms with Crippen molar-refractivity contribution in [2.24, 2.45) is 5.41 Å². The lowest BCUT2D eigenvalue weighted by atomic mass is 9.75. The van der Waals surface area contributed by atoms with Gasteiger partial charge < -0.3 is 26.0 Å². The van der Waals surface area contributed by atoms with Crippen LogP contribution in [0.5, 0.6) is 5.75 Å². The Morgan fingerprint density at radius 1 is 0.867 bits per heavy atom. The van der Waals surface area contributed by atoms with Crippen LogP contribution in [0.3, 0.4) is 0 Å². The highest BCUT2D eigenvalue weighted by molar-refractivity contribution is 5.96. The van der Waals surface area contributed by atoms with Gasteiger partial charge in [-0.1, -0.05) is 18.2 Å². The second-order valence-corrected chi connectivity index (χ2v) is 7.64. The van der Waals surface area contributed by atoms with Gasteiger partial charge in [-0.05, 0) is 57.0 Å². The van der Waals surface area contributed by atoms with E-state index >= 15 is 0 Å². The topological polar surface area (TPSA) is 109 Å². The SMILES string of the molecule is O=C1/C=C/CC2(CCNCC2)C(=O)NCCCNC(=O)c2ccccc2OCCN1. The summed E-state index contributed by atoms with van der Waals surface area (Å²) in [6.45, 7) is 3.06. The molecule has 0 saturated carbocycles. The maximum absolute atomic E-state index is 12.9. The number of rotatable bonds is 0. The summed E-state index contributed by atoms with van der Waals surface area (Å²) >= 11 is 0. The fourth-order valence-corrected chi connectivity index (χ4v) is 3.77. The van der Waals surface area contributed by atoms with Gasteiger partial charge in [0, 0.05) is 13.1 Å². The van der Waals surface area contributed by atoms with E-state index in [1.165, 1.54) is 6.08 Å². The van der Waals surface area contributed by atoms with Gasteiger partial charge in [0.2, 0.25) is 11.8 Å². The number of para-hydroxylation sites is 1. The first kappa shape index (κ1) is 21.8. The number of carbonyl (C=O) groups is 3. The molecule has 1 spiro atoms. The van der Waals surface area contributed by atoms with E-state index in [0.29, 0.717) is 43.8 Å². The smallest absolute Gasteiger partial charge is 0.255 e. The van der Waals surface area contributed by atoms with E-state index in [1.807, 2.05) is 0 Å². The van der Waals surface area contributed by atoms with Crippen LogP contribution in [0.25, 0.3) is 0 Å². The molecule has 1 saturated heterocycles. The van der Waals surface area contributed by atoms with Crippen molar-refractivity contribution in [3.05, 3.63) is 42.0 Å². The van der Waals surface area contributed by atoms with Crippen molar-refractivity contribution in [2.45, 2.75) is 25.7 Å². The normalized spacial score (nSPS) is 22.3. The Labute approximate surface area is 176 Å². The molecule has 2 aliphatic heterocycles. The average Bonchev–Trinajstić information content (AvgIpc) is 2.76. The van der Waals surface area contributed by atoms with E-state index in [-0.39, 0.29) is 24.3 Å². The Balaban J connectivity index is 1.69. The molecule has 30 heavy (non-hydrogen) atoms. The number of hydrogen-bond donors (Lipinski definition) is 4. The molecule has 0 bridgehead atoms. The molecule has 2 heterocycles. The molecule has 1 aromatic rings. The van der Waals surface area contributed by atoms with Crippen LogP contribution in [-0.2, 0) is 9.59 Å². The highest BCUT2D eigenvalue weighted by atomic mass is 16.5. The molecule has 8 nitrogen and oxygen atoms in total. The third-order valence-electron chi connectivity index (χ3n) is 5.54. The highest BCUT2D eigenvalue weighted by Gasteiger charge is 2.38. The van der Waals surface area contributed by atoms with Gasteiger partial charge in [0.1, 0.15) is 12.4 Å². The van der Waals surface area contributed by atoms with E-state index in [2.05, 4.69) is 21.3 Å². The minimum Gasteiger partial charge on any atom is -0.491 e. The molecule has 0 aliphatic carbocycles. The number of nitrogens with one attached hydrogen (secondary N) is 4. The van der Waals surface area contributed by atoms with Crippen molar-refractivity contribution in [1.29, 1.82) is 0 Å². The first-order valence-electron chi connectivity index (χ1n) is 10.5. The molecular weight excluding hydrogens is 384 g/mol. The van der Waals surface area contributed by atoms with Crippen molar-refractivity contribution in [3.63, 3.8) is 0 Å². The zero-order chi connectivity index (χ0) is 21.2. The maximum Gasteiger partial charge on any atom is 0.255 e. The molecule has 3 rings (SSSR count). The standard InChI is InChI=1S/C22H30N4O4/c27-19-7-3-8-22(9-13-23-14-10-22)21(29)26-12-4-11-25-20(28)17-5-1-2-6-18(17)30-16-15-24-19/h1-3,5-7,23H,4,8-16H2,(H,24,27)(H,25,28)(H,26,29)/b7-3+. The lowest BCUT2D eigenvalue weighted by molar-refractivity contribution is -0.132. The number of ether oxygens (including phenoxy) is 1. The lowest BCUT2D eigenvalue weighted by Crippen LogP contribution is -2.48. The van der Waals surface area contributed by atoms with Crippen LogP contribution in [0.1, 0.15) is 36.0 Å². The van der Waals surface area contributed by atoms with Gasteiger partial charge >= 0.3 is 0 Å². The fraction of sp³-hybridized carbons (Fsp3) is 0.500. The van der Waals surface area contributed by atoms with Crippen LogP contribution in [0.15, 0.2) is 36.4 Å². The molecule has 0 atom stereocenters. The van der Waals surface area contributed by atoms with Crippen LogP contribution in [0.2, 0.25) is 0 Å². The predicted molar refractivity (Wildman–Crippen MR) is 113 cm³/mol. The van der Waals surface area contributed by atoms with Gasteiger partial charge in [0.15, 0.2) is 0 Å². The van der Waals surface area contributed by atoms with Crippen molar-refractivity contribution >= 4 is 17.7 Å². The molecular formula is C22H30N4O4. The Kier molecular flexibility index (Phi) is 7.84. The number of carbonyl (C=O) groups excluding carboxylic acids is 3. The number of piperidine rings is 1. The van der Waals surface area contributed by atoms with Crippen molar-refractivity contribution in [2.75, 3.05) is 39.3 Å². The van der Waals surface area contributed by atoms with Crippen molar-refractivity contribution in [3.8, 4) is 5.75 Å². The second kappa shape index (κ2) is 10.8. The second-order valence-electron chi connectivity index (χ2n) is 7.64. The number of fused-ring (bicyclic) bond motifs is 1. The molecule has 8 heteroatoms. The molecule has 2 aliphatic rings. The van der Waals surface area contributed by atoms with Gasteiger partial charge in [0.05, 0.1) is 17.5 Å². The van der Waals surface area contributed by atoms with E-state index in [9.17, 15) is 14.4 Å². The summed E-state index contributed by atoms with van der Waals surface area (Å²) in [6, 6.07) is 7.01. The third-order valence-corrected chi connectivity index (χ3v) is 5.54. The Hall–Kier alpha value is -2.87. The molecule has 1 aromatic carbocycles. The van der Waals surface area contributed by atoms with Gasteiger partial charge in [-0.15, -0.1) is 0 Å². The minimum atomic E-state index is -0.501. The van der Waals surface area contributed by atoms with E-state index in [0.717, 1.165) is 25.9 Å². The van der Waals surface area contributed by atoms with Crippen LogP contribution in [0.4, 0.5) is 0 Å². The summed E-state index contributed by atoms with van der Waals surface area (Å²) in [5, 5.41) is 11.9. The Morgan fingerprint density at radius 3 is 2.47 bits per heavy atom. The summed E-state index contributed by atoms with van der Waals surface area (Å²) in [5.41, 5.74) is -0.0544. The third kappa shape index (κ3) is 5.82. The van der Waals surface area contributed by atoms with Crippen LogP contribution in [0, 0.1) is 5.41 Å². The number of amides is 3. The van der Waals surface area contributed by atoms with Gasteiger partial charge in [-0.2, -0.15) is 0 Å². The summed E-state index contributed by atoms with van der Waals surface area (Å²) < 4.78 is 5.69. The maximum atomic E-state index is 12.9. The zero-order valence-corrected chi connectivity index (χ0v) is 17.2. The first-order chi connectivity index (χ1) is 14.6. The zero-order valence-electron chi connectivity index (χ0n) is 17.2. The average molecular weight is 415 g/mol. The van der Waals surface area contributed by atoms with Gasteiger partial charge in [0.25, 0.3) is 5.91 Å². The van der Waals surface area contributed by atoms with Crippen molar-refractivity contribution in [1.82, 2.24) is 21.3 Å². The quantitative estimate of drug-likeness (QED) is 0.501. The molecule has 0 aromatic heterocycles. The summed E-state index contributed by atoms with van der Waals surface area (Å²) in [4.78, 5) is 37.5. The van der Waals surface area contributed by atoms with E-state index in [4.69, 9.17) is 4.74 Å². The lowest BCUT2D eigenvalue weighted by Gasteiger charge is -2.35. The largest absolute Gasteiger partial charge is 0.491 e. The molecule has 1 fully saturated rings. The van der Waals surface area contributed by atoms with Gasteiger partial charge in [-0.3, -0.25) is 14.4 Å². The fourth-order valence-electron chi connectivity index (χ4n) is 3.77. The van der Waals surface area contributed by atoms with Crippen LogP contribution >= 0.6 is 0 Å². The molecule has 0 radical (unpaired) electrons. The number of allylic oxidation sites excluding steroid dienone is 1.